The Morgan fingerprint density at radius 1 is 1.15 bits per heavy atom. The van der Waals surface area contributed by atoms with Crippen LogP contribution in [-0.4, -0.2) is 22.4 Å². The van der Waals surface area contributed by atoms with E-state index in [9.17, 15) is 9.18 Å². The van der Waals surface area contributed by atoms with Crippen molar-refractivity contribution in [2.75, 3.05) is 6.67 Å². The van der Waals surface area contributed by atoms with Gasteiger partial charge in [0.05, 0.1) is 12.2 Å². The van der Waals surface area contributed by atoms with E-state index in [-0.39, 0.29) is 6.67 Å². The van der Waals surface area contributed by atoms with Crippen molar-refractivity contribution < 1.29 is 9.18 Å². The molecule has 1 atom stereocenters. The van der Waals surface area contributed by atoms with E-state index in [2.05, 4.69) is 40.9 Å². The molecule has 1 saturated carbocycles. The van der Waals surface area contributed by atoms with Crippen molar-refractivity contribution in [1.82, 2.24) is 9.97 Å². The van der Waals surface area contributed by atoms with Gasteiger partial charge in [0.2, 0.25) is 0 Å². The SMILES string of the molecule is CC(CC(=O)C1CC1)Cc1ccc(C#Cc2cnc(CCCF)nc2)cc1. The van der Waals surface area contributed by atoms with E-state index in [1.807, 2.05) is 12.1 Å². The van der Waals surface area contributed by atoms with Crippen LogP contribution in [0.3, 0.4) is 0 Å². The van der Waals surface area contributed by atoms with Crippen molar-refractivity contribution in [3.05, 3.63) is 59.2 Å². The van der Waals surface area contributed by atoms with E-state index in [1.165, 1.54) is 5.56 Å². The molecule has 0 bridgehead atoms. The average Bonchev–Trinajstić information content (AvgIpc) is 3.52. The predicted molar refractivity (Wildman–Crippen MR) is 104 cm³/mol. The first kappa shape index (κ1) is 19.2. The number of carbonyl (C=O) groups is 1. The fourth-order valence-corrected chi connectivity index (χ4v) is 3.03. The molecule has 27 heavy (non-hydrogen) atoms. The highest BCUT2D eigenvalue weighted by molar-refractivity contribution is 5.83. The van der Waals surface area contributed by atoms with Gasteiger partial charge in [0.25, 0.3) is 0 Å². The molecule has 1 unspecified atom stereocenters. The minimum Gasteiger partial charge on any atom is -0.299 e. The quantitative estimate of drug-likeness (QED) is 0.655. The zero-order chi connectivity index (χ0) is 19.1. The second-order valence-electron chi connectivity index (χ2n) is 7.38. The third-order valence-electron chi connectivity index (χ3n) is 4.71. The average molecular weight is 364 g/mol. The third-order valence-corrected chi connectivity index (χ3v) is 4.71. The van der Waals surface area contributed by atoms with Gasteiger partial charge in [-0.15, -0.1) is 0 Å². The molecule has 140 valence electrons. The van der Waals surface area contributed by atoms with Gasteiger partial charge in [0.15, 0.2) is 0 Å². The van der Waals surface area contributed by atoms with Gasteiger partial charge in [0.1, 0.15) is 11.6 Å². The third kappa shape index (κ3) is 6.29. The number of ketones is 1. The molecule has 0 amide bonds. The molecule has 1 aliphatic carbocycles. The van der Waals surface area contributed by atoms with Crippen molar-refractivity contribution in [3.63, 3.8) is 0 Å². The van der Waals surface area contributed by atoms with Gasteiger partial charge in [0, 0.05) is 36.7 Å². The van der Waals surface area contributed by atoms with E-state index < -0.39 is 0 Å². The van der Waals surface area contributed by atoms with Crippen LogP contribution in [0.4, 0.5) is 4.39 Å². The minimum absolute atomic E-state index is 0.351. The number of Topliss-reactive ketones (excluding diaryl/α,β-unsaturated/α-hetero) is 1. The van der Waals surface area contributed by atoms with Crippen LogP contribution in [0.15, 0.2) is 36.7 Å². The summed E-state index contributed by atoms with van der Waals surface area (Å²) >= 11 is 0. The lowest BCUT2D eigenvalue weighted by molar-refractivity contribution is -0.121. The van der Waals surface area contributed by atoms with Crippen molar-refractivity contribution >= 4 is 5.78 Å². The monoisotopic (exact) mass is 364 g/mol. The van der Waals surface area contributed by atoms with Crippen molar-refractivity contribution in [1.29, 1.82) is 0 Å². The lowest BCUT2D eigenvalue weighted by atomic mass is 9.94. The standard InChI is InChI=1S/C23H25FN2O/c1-17(14-22(27)21-10-11-21)13-19-7-4-18(5-8-19)6-9-20-15-25-23(26-16-20)3-2-12-24/h4-5,7-8,15-17,21H,2-3,10-14H2,1H3. The van der Waals surface area contributed by atoms with Crippen molar-refractivity contribution in [3.8, 4) is 11.8 Å². The number of aromatic nitrogens is 2. The topological polar surface area (TPSA) is 42.9 Å². The maximum Gasteiger partial charge on any atom is 0.136 e. The minimum atomic E-state index is -0.351. The van der Waals surface area contributed by atoms with E-state index in [0.29, 0.717) is 42.7 Å². The maximum atomic E-state index is 12.2. The largest absolute Gasteiger partial charge is 0.299 e. The smallest absolute Gasteiger partial charge is 0.136 e. The summed E-state index contributed by atoms with van der Waals surface area (Å²) in [5.41, 5.74) is 2.91. The molecular weight excluding hydrogens is 339 g/mol. The van der Waals surface area contributed by atoms with Crippen molar-refractivity contribution in [2.45, 2.75) is 45.4 Å². The van der Waals surface area contributed by atoms with Gasteiger partial charge in [-0.1, -0.05) is 30.9 Å². The first-order valence-corrected chi connectivity index (χ1v) is 9.64. The van der Waals surface area contributed by atoms with Crippen LogP contribution in [0.1, 0.15) is 55.1 Å². The Kier molecular flexibility index (Phi) is 6.70. The molecule has 0 N–H and O–H groups in total. The first-order valence-electron chi connectivity index (χ1n) is 9.64. The Labute approximate surface area is 160 Å². The summed E-state index contributed by atoms with van der Waals surface area (Å²) in [6, 6.07) is 8.18. The Balaban J connectivity index is 1.53. The second-order valence-corrected chi connectivity index (χ2v) is 7.38. The fraction of sp³-hybridized carbons (Fsp3) is 0.435. The Bertz CT molecular complexity index is 814. The molecule has 1 aromatic heterocycles. The number of nitrogens with zero attached hydrogens (tertiary/aromatic N) is 2. The molecule has 0 radical (unpaired) electrons. The molecule has 1 heterocycles. The number of carbonyl (C=O) groups excluding carboxylic acids is 1. The zero-order valence-corrected chi connectivity index (χ0v) is 15.7. The van der Waals surface area contributed by atoms with E-state index in [0.717, 1.165) is 30.4 Å². The molecule has 0 saturated heterocycles. The van der Waals surface area contributed by atoms with Gasteiger partial charge in [-0.05, 0) is 49.3 Å². The van der Waals surface area contributed by atoms with E-state index in [1.54, 1.807) is 12.4 Å². The summed E-state index contributed by atoms with van der Waals surface area (Å²) in [6.07, 6.45) is 8.14. The molecule has 4 heteroatoms. The van der Waals surface area contributed by atoms with Crippen LogP contribution >= 0.6 is 0 Å². The molecule has 1 aromatic carbocycles. The fourth-order valence-electron chi connectivity index (χ4n) is 3.03. The summed E-state index contributed by atoms with van der Waals surface area (Å²) in [7, 11) is 0. The number of hydrogen-bond donors (Lipinski definition) is 0. The summed E-state index contributed by atoms with van der Waals surface area (Å²) in [5.74, 6) is 7.99. The molecule has 0 spiro atoms. The molecule has 3 rings (SSSR count). The van der Waals surface area contributed by atoms with Crippen LogP contribution in [0.25, 0.3) is 0 Å². The summed E-state index contributed by atoms with van der Waals surface area (Å²) in [5, 5.41) is 0. The van der Waals surface area contributed by atoms with E-state index in [4.69, 9.17) is 0 Å². The van der Waals surface area contributed by atoms with Crippen LogP contribution in [0, 0.1) is 23.7 Å². The molecule has 1 aliphatic rings. The Morgan fingerprint density at radius 3 is 2.44 bits per heavy atom. The Hall–Kier alpha value is -2.54. The zero-order valence-electron chi connectivity index (χ0n) is 15.7. The number of benzene rings is 1. The van der Waals surface area contributed by atoms with Gasteiger partial charge in [-0.2, -0.15) is 0 Å². The molecule has 1 fully saturated rings. The number of aryl methyl sites for hydroxylation is 1. The van der Waals surface area contributed by atoms with Gasteiger partial charge >= 0.3 is 0 Å². The summed E-state index contributed by atoms with van der Waals surface area (Å²) in [4.78, 5) is 20.3. The van der Waals surface area contributed by atoms with Crippen LogP contribution in [0.5, 0.6) is 0 Å². The number of alkyl halides is 1. The summed E-state index contributed by atoms with van der Waals surface area (Å²) in [6.45, 7) is 1.79. The van der Waals surface area contributed by atoms with Gasteiger partial charge < -0.3 is 0 Å². The first-order chi connectivity index (χ1) is 13.1. The normalized spacial score (nSPS) is 14.3. The van der Waals surface area contributed by atoms with Crippen molar-refractivity contribution in [2.24, 2.45) is 11.8 Å². The van der Waals surface area contributed by atoms with Gasteiger partial charge in [-0.25, -0.2) is 9.97 Å². The molecule has 2 aromatic rings. The predicted octanol–water partition coefficient (Wildman–Crippen LogP) is 4.33. The number of hydrogen-bond acceptors (Lipinski definition) is 3. The molecular formula is C23H25FN2O. The van der Waals surface area contributed by atoms with Crippen LogP contribution in [0.2, 0.25) is 0 Å². The Morgan fingerprint density at radius 2 is 1.81 bits per heavy atom. The second kappa shape index (κ2) is 9.41. The summed E-state index contributed by atoms with van der Waals surface area (Å²) < 4.78 is 12.2. The number of rotatable bonds is 8. The van der Waals surface area contributed by atoms with Crippen LogP contribution in [-0.2, 0) is 17.6 Å². The molecule has 0 aliphatic heterocycles. The highest BCUT2D eigenvalue weighted by atomic mass is 19.1. The lowest BCUT2D eigenvalue weighted by Gasteiger charge is -2.10. The van der Waals surface area contributed by atoms with Gasteiger partial charge in [-0.3, -0.25) is 9.18 Å². The van der Waals surface area contributed by atoms with E-state index >= 15 is 0 Å². The maximum absolute atomic E-state index is 12.2. The lowest BCUT2D eigenvalue weighted by Crippen LogP contribution is -2.09. The number of halogens is 1. The highest BCUT2D eigenvalue weighted by Gasteiger charge is 2.29. The van der Waals surface area contributed by atoms with Crippen LogP contribution < -0.4 is 0 Å². The molecule has 3 nitrogen and oxygen atoms in total. The highest BCUT2D eigenvalue weighted by Crippen LogP contribution is 2.32.